The van der Waals surface area contributed by atoms with Gasteiger partial charge >= 0.3 is 0 Å². The van der Waals surface area contributed by atoms with E-state index in [0.29, 0.717) is 12.0 Å². The van der Waals surface area contributed by atoms with E-state index in [9.17, 15) is 4.39 Å². The van der Waals surface area contributed by atoms with Crippen LogP contribution in [-0.2, 0) is 6.42 Å². The molecular formula is C15H16BrClFNS. The van der Waals surface area contributed by atoms with E-state index >= 15 is 0 Å². The van der Waals surface area contributed by atoms with Crippen LogP contribution < -0.4 is 5.32 Å². The third kappa shape index (κ3) is 4.29. The maximum Gasteiger partial charge on any atom is 0.127 e. The van der Waals surface area contributed by atoms with Gasteiger partial charge < -0.3 is 5.32 Å². The maximum atomic E-state index is 14.0. The van der Waals surface area contributed by atoms with Crippen LogP contribution in [0.25, 0.3) is 0 Å². The van der Waals surface area contributed by atoms with E-state index < -0.39 is 0 Å². The summed E-state index contributed by atoms with van der Waals surface area (Å²) in [5.41, 5.74) is 0.714. The van der Waals surface area contributed by atoms with Gasteiger partial charge in [0.2, 0.25) is 0 Å². The van der Waals surface area contributed by atoms with Crippen LogP contribution in [0, 0.1) is 5.82 Å². The molecule has 0 aliphatic rings. The van der Waals surface area contributed by atoms with Crippen molar-refractivity contribution in [3.8, 4) is 0 Å². The van der Waals surface area contributed by atoms with Gasteiger partial charge in [-0.1, -0.05) is 40.5 Å². The summed E-state index contributed by atoms with van der Waals surface area (Å²) >= 11 is 10.8. The van der Waals surface area contributed by atoms with Crippen molar-refractivity contribution in [2.45, 2.75) is 25.8 Å². The highest BCUT2D eigenvalue weighted by atomic mass is 79.9. The smallest absolute Gasteiger partial charge is 0.127 e. The van der Waals surface area contributed by atoms with Crippen LogP contribution in [0.5, 0.6) is 0 Å². The molecule has 1 N–H and O–H groups in total. The highest BCUT2D eigenvalue weighted by Gasteiger charge is 2.16. The molecule has 0 radical (unpaired) electrons. The first-order valence-corrected chi connectivity index (χ1v) is 8.51. The molecule has 0 bridgehead atoms. The van der Waals surface area contributed by atoms with Crippen LogP contribution in [-0.4, -0.2) is 6.54 Å². The summed E-state index contributed by atoms with van der Waals surface area (Å²) < 4.78 is 15.5. The average Bonchev–Trinajstić information content (AvgIpc) is 2.83. The van der Waals surface area contributed by atoms with Gasteiger partial charge in [-0.15, -0.1) is 11.3 Å². The second-order valence-corrected chi connectivity index (χ2v) is 7.25. The molecule has 0 spiro atoms. The third-order valence-corrected chi connectivity index (χ3v) is 4.86. The number of nitrogens with one attached hydrogen (secondary N) is 1. The zero-order chi connectivity index (χ0) is 14.5. The molecule has 5 heteroatoms. The Balaban J connectivity index is 2.18. The lowest BCUT2D eigenvalue weighted by molar-refractivity contribution is 0.519. The SMILES string of the molecule is CCCNC(Cc1ccc(Br)cc1F)c1ccc(Cl)s1. The van der Waals surface area contributed by atoms with E-state index in [1.54, 1.807) is 11.3 Å². The molecule has 0 amide bonds. The molecule has 1 aromatic carbocycles. The molecule has 0 fully saturated rings. The first kappa shape index (κ1) is 16.0. The fourth-order valence-corrected chi connectivity index (χ4v) is 3.48. The van der Waals surface area contributed by atoms with Crippen LogP contribution in [0.1, 0.15) is 29.8 Å². The Morgan fingerprint density at radius 2 is 2.15 bits per heavy atom. The fourth-order valence-electron chi connectivity index (χ4n) is 2.01. The third-order valence-electron chi connectivity index (χ3n) is 3.02. The Kier molecular flexibility index (Phi) is 6.02. The molecule has 0 aliphatic carbocycles. The van der Waals surface area contributed by atoms with Gasteiger partial charge in [-0.05, 0) is 49.2 Å². The van der Waals surface area contributed by atoms with Crippen LogP contribution in [0.2, 0.25) is 4.34 Å². The minimum absolute atomic E-state index is 0.100. The van der Waals surface area contributed by atoms with Crippen LogP contribution in [0.15, 0.2) is 34.8 Å². The number of thiophene rings is 1. The lowest BCUT2D eigenvalue weighted by Crippen LogP contribution is -2.23. The molecule has 0 saturated heterocycles. The predicted molar refractivity (Wildman–Crippen MR) is 88.2 cm³/mol. The number of rotatable bonds is 6. The van der Waals surface area contributed by atoms with Gasteiger partial charge in [-0.3, -0.25) is 0 Å². The van der Waals surface area contributed by atoms with Gasteiger partial charge in [0.1, 0.15) is 5.82 Å². The Bertz CT molecular complexity index is 573. The van der Waals surface area contributed by atoms with Crippen molar-refractivity contribution < 1.29 is 4.39 Å². The zero-order valence-corrected chi connectivity index (χ0v) is 14.3. The first-order chi connectivity index (χ1) is 9.60. The number of hydrogen-bond donors (Lipinski definition) is 1. The van der Waals surface area contributed by atoms with E-state index in [0.717, 1.165) is 26.7 Å². The molecule has 2 aromatic rings. The summed E-state index contributed by atoms with van der Waals surface area (Å²) in [5, 5.41) is 3.46. The predicted octanol–water partition coefficient (Wildman–Crippen LogP) is 5.59. The highest BCUT2D eigenvalue weighted by Crippen LogP contribution is 2.30. The molecule has 1 unspecified atom stereocenters. The number of hydrogen-bond acceptors (Lipinski definition) is 2. The molecule has 1 nitrogen and oxygen atoms in total. The van der Waals surface area contributed by atoms with Crippen molar-refractivity contribution in [3.63, 3.8) is 0 Å². The molecule has 1 aromatic heterocycles. The summed E-state index contributed by atoms with van der Waals surface area (Å²) in [6, 6.07) is 9.21. The second kappa shape index (κ2) is 7.55. The van der Waals surface area contributed by atoms with Gasteiger partial charge in [0.15, 0.2) is 0 Å². The normalized spacial score (nSPS) is 12.6. The van der Waals surface area contributed by atoms with E-state index in [2.05, 4.69) is 28.2 Å². The van der Waals surface area contributed by atoms with Gasteiger partial charge in [-0.25, -0.2) is 4.39 Å². The Morgan fingerprint density at radius 1 is 1.35 bits per heavy atom. The van der Waals surface area contributed by atoms with Gasteiger partial charge in [-0.2, -0.15) is 0 Å². The quantitative estimate of drug-likeness (QED) is 0.693. The Labute approximate surface area is 136 Å². The van der Waals surface area contributed by atoms with Crippen molar-refractivity contribution >= 4 is 38.9 Å². The van der Waals surface area contributed by atoms with Gasteiger partial charge in [0.25, 0.3) is 0 Å². The molecule has 1 atom stereocenters. The average molecular weight is 377 g/mol. The summed E-state index contributed by atoms with van der Waals surface area (Å²) in [4.78, 5) is 1.14. The van der Waals surface area contributed by atoms with E-state index in [-0.39, 0.29) is 11.9 Å². The molecule has 0 aliphatic heterocycles. The minimum Gasteiger partial charge on any atom is -0.309 e. The molecule has 1 heterocycles. The summed E-state index contributed by atoms with van der Waals surface area (Å²) in [6.45, 7) is 3.02. The van der Waals surface area contributed by atoms with E-state index in [1.165, 1.54) is 6.07 Å². The highest BCUT2D eigenvalue weighted by molar-refractivity contribution is 9.10. The Hall–Kier alpha value is -0.420. The van der Waals surface area contributed by atoms with Crippen LogP contribution >= 0.6 is 38.9 Å². The van der Waals surface area contributed by atoms with Crippen molar-refractivity contribution in [3.05, 3.63) is 55.4 Å². The topological polar surface area (TPSA) is 12.0 Å². The zero-order valence-electron chi connectivity index (χ0n) is 11.1. The molecule has 0 saturated carbocycles. The molecular weight excluding hydrogens is 361 g/mol. The first-order valence-electron chi connectivity index (χ1n) is 6.52. The summed E-state index contributed by atoms with van der Waals surface area (Å²) in [7, 11) is 0. The van der Waals surface area contributed by atoms with Crippen molar-refractivity contribution in [1.29, 1.82) is 0 Å². The molecule has 2 rings (SSSR count). The monoisotopic (exact) mass is 375 g/mol. The molecule has 20 heavy (non-hydrogen) atoms. The van der Waals surface area contributed by atoms with Crippen LogP contribution in [0.3, 0.4) is 0 Å². The van der Waals surface area contributed by atoms with Crippen molar-refractivity contribution in [2.75, 3.05) is 6.54 Å². The maximum absolute atomic E-state index is 14.0. The van der Waals surface area contributed by atoms with E-state index in [4.69, 9.17) is 11.6 Å². The largest absolute Gasteiger partial charge is 0.309 e. The van der Waals surface area contributed by atoms with Crippen LogP contribution in [0.4, 0.5) is 4.39 Å². The number of benzene rings is 1. The van der Waals surface area contributed by atoms with Crippen molar-refractivity contribution in [2.24, 2.45) is 0 Å². The lowest BCUT2D eigenvalue weighted by Gasteiger charge is -2.17. The van der Waals surface area contributed by atoms with E-state index in [1.807, 2.05) is 24.3 Å². The Morgan fingerprint density at radius 3 is 2.75 bits per heavy atom. The summed E-state index contributed by atoms with van der Waals surface area (Å²) in [6.07, 6.45) is 1.66. The van der Waals surface area contributed by atoms with Crippen molar-refractivity contribution in [1.82, 2.24) is 5.32 Å². The molecule has 108 valence electrons. The van der Waals surface area contributed by atoms with Gasteiger partial charge in [0, 0.05) is 15.4 Å². The lowest BCUT2D eigenvalue weighted by atomic mass is 10.0. The standard InChI is InChI=1S/C15H16BrClFNS/c1-2-7-19-13(14-5-6-15(17)20-14)8-10-3-4-11(16)9-12(10)18/h3-6,9,13,19H,2,7-8H2,1H3. The number of halogens is 3. The van der Waals surface area contributed by atoms with Gasteiger partial charge in [0.05, 0.1) is 4.34 Å². The second-order valence-electron chi connectivity index (χ2n) is 4.59. The summed E-state index contributed by atoms with van der Waals surface area (Å²) in [5.74, 6) is -0.176. The minimum atomic E-state index is -0.176. The fraction of sp³-hybridized carbons (Fsp3) is 0.333.